The van der Waals surface area contributed by atoms with Gasteiger partial charge in [-0.3, -0.25) is 4.79 Å². The second-order valence-corrected chi connectivity index (χ2v) is 4.90. The number of ether oxygens (including phenoxy) is 2. The normalized spacial score (nSPS) is 10.1. The van der Waals surface area contributed by atoms with Gasteiger partial charge in [-0.15, -0.1) is 0 Å². The van der Waals surface area contributed by atoms with E-state index >= 15 is 0 Å². The van der Waals surface area contributed by atoms with Gasteiger partial charge in [0.1, 0.15) is 17.9 Å². The maximum Gasteiger partial charge on any atom is 0.259 e. The molecule has 5 nitrogen and oxygen atoms in total. The van der Waals surface area contributed by atoms with Crippen molar-refractivity contribution in [3.8, 4) is 11.6 Å². The Morgan fingerprint density at radius 2 is 2.00 bits per heavy atom. The lowest BCUT2D eigenvalue weighted by Crippen LogP contribution is -2.31. The van der Waals surface area contributed by atoms with Crippen LogP contribution in [-0.2, 0) is 0 Å². The van der Waals surface area contributed by atoms with Gasteiger partial charge in [-0.25, -0.2) is 4.98 Å². The molecule has 22 heavy (non-hydrogen) atoms. The van der Waals surface area contributed by atoms with E-state index in [4.69, 9.17) is 9.47 Å². The first-order chi connectivity index (χ1) is 10.6. The summed E-state index contributed by atoms with van der Waals surface area (Å²) in [7, 11) is 3.23. The zero-order valence-electron chi connectivity index (χ0n) is 13.1. The average Bonchev–Trinajstić information content (AvgIpc) is 2.55. The fourth-order valence-electron chi connectivity index (χ4n) is 2.03. The Morgan fingerprint density at radius 3 is 2.73 bits per heavy atom. The molecule has 0 atom stereocenters. The van der Waals surface area contributed by atoms with Gasteiger partial charge in [0.25, 0.3) is 5.91 Å². The van der Waals surface area contributed by atoms with Crippen LogP contribution in [0.4, 0.5) is 0 Å². The van der Waals surface area contributed by atoms with Gasteiger partial charge < -0.3 is 14.4 Å². The van der Waals surface area contributed by atoms with Crippen LogP contribution in [0.1, 0.15) is 15.9 Å². The third-order valence-corrected chi connectivity index (χ3v) is 3.32. The third kappa shape index (κ3) is 3.75. The highest BCUT2D eigenvalue weighted by molar-refractivity contribution is 5.96. The number of hydrogen-bond donors (Lipinski definition) is 0. The number of methoxy groups -OCH3 is 1. The van der Waals surface area contributed by atoms with Crippen molar-refractivity contribution in [2.45, 2.75) is 6.92 Å². The van der Waals surface area contributed by atoms with Crippen LogP contribution in [0.5, 0.6) is 11.6 Å². The Labute approximate surface area is 130 Å². The van der Waals surface area contributed by atoms with Crippen LogP contribution in [0.15, 0.2) is 42.6 Å². The van der Waals surface area contributed by atoms with E-state index in [0.29, 0.717) is 24.6 Å². The molecule has 0 fully saturated rings. The van der Waals surface area contributed by atoms with E-state index in [0.717, 1.165) is 11.3 Å². The summed E-state index contributed by atoms with van der Waals surface area (Å²) in [6.07, 6.45) is 1.59. The van der Waals surface area contributed by atoms with E-state index < -0.39 is 0 Å². The number of nitrogens with zero attached hydrogens (tertiary/aromatic N) is 2. The molecule has 2 rings (SSSR count). The molecule has 0 bridgehead atoms. The standard InChI is InChI=1S/C17H20N2O3/c1-13-7-4-5-9-15(13)22-12-11-19(2)17(20)14-8-6-10-18-16(14)21-3/h4-10H,11-12H2,1-3H3. The quantitative estimate of drug-likeness (QED) is 0.822. The predicted molar refractivity (Wildman–Crippen MR) is 84.4 cm³/mol. The molecule has 0 aliphatic heterocycles. The van der Waals surface area contributed by atoms with Crippen LogP contribution in [0, 0.1) is 6.92 Å². The summed E-state index contributed by atoms with van der Waals surface area (Å²) in [6, 6.07) is 11.2. The van der Waals surface area contributed by atoms with Crippen LogP contribution in [0.25, 0.3) is 0 Å². The van der Waals surface area contributed by atoms with Gasteiger partial charge >= 0.3 is 0 Å². The molecule has 2 aromatic rings. The van der Waals surface area contributed by atoms with Crippen LogP contribution >= 0.6 is 0 Å². The minimum Gasteiger partial charge on any atom is -0.491 e. The van der Waals surface area contributed by atoms with Crippen molar-refractivity contribution in [3.63, 3.8) is 0 Å². The van der Waals surface area contributed by atoms with Gasteiger partial charge in [0.2, 0.25) is 5.88 Å². The number of amides is 1. The van der Waals surface area contributed by atoms with E-state index in [-0.39, 0.29) is 5.91 Å². The Balaban J connectivity index is 1.93. The highest BCUT2D eigenvalue weighted by atomic mass is 16.5. The molecule has 0 saturated heterocycles. The maximum atomic E-state index is 12.4. The molecule has 0 aliphatic carbocycles. The predicted octanol–water partition coefficient (Wildman–Crippen LogP) is 2.55. The van der Waals surface area contributed by atoms with Gasteiger partial charge in [0.15, 0.2) is 0 Å². The van der Waals surface area contributed by atoms with Gasteiger partial charge in [-0.1, -0.05) is 18.2 Å². The summed E-state index contributed by atoms with van der Waals surface area (Å²) >= 11 is 0. The Bertz CT molecular complexity index is 643. The number of aryl methyl sites for hydroxylation is 1. The molecule has 0 aliphatic rings. The summed E-state index contributed by atoms with van der Waals surface area (Å²) in [5.41, 5.74) is 1.52. The number of carbonyl (C=O) groups is 1. The number of likely N-dealkylation sites (N-methyl/N-ethyl adjacent to an activating group) is 1. The Kier molecular flexibility index (Phi) is 5.36. The summed E-state index contributed by atoms with van der Waals surface area (Å²) in [5.74, 6) is 1.03. The zero-order valence-corrected chi connectivity index (χ0v) is 13.1. The van der Waals surface area contributed by atoms with Crippen molar-refractivity contribution in [1.82, 2.24) is 9.88 Å². The lowest BCUT2D eigenvalue weighted by Gasteiger charge is -2.18. The molecule has 0 unspecified atom stereocenters. The first kappa shape index (κ1) is 15.8. The lowest BCUT2D eigenvalue weighted by molar-refractivity contribution is 0.0769. The number of para-hydroxylation sites is 1. The first-order valence-electron chi connectivity index (χ1n) is 7.06. The van der Waals surface area contributed by atoms with Gasteiger partial charge in [0.05, 0.1) is 13.7 Å². The van der Waals surface area contributed by atoms with E-state index in [9.17, 15) is 4.79 Å². The summed E-state index contributed by atoms with van der Waals surface area (Å²) < 4.78 is 10.8. The number of benzene rings is 1. The first-order valence-corrected chi connectivity index (χ1v) is 7.06. The second kappa shape index (κ2) is 7.45. The minimum absolute atomic E-state index is 0.140. The number of pyridine rings is 1. The molecule has 116 valence electrons. The van der Waals surface area contributed by atoms with E-state index in [1.54, 1.807) is 30.3 Å². The van der Waals surface area contributed by atoms with Gasteiger partial charge in [0, 0.05) is 13.2 Å². The molecule has 1 aromatic carbocycles. The Morgan fingerprint density at radius 1 is 1.23 bits per heavy atom. The van der Waals surface area contributed by atoms with Crippen molar-refractivity contribution >= 4 is 5.91 Å². The van der Waals surface area contributed by atoms with Crippen molar-refractivity contribution in [2.75, 3.05) is 27.3 Å². The van der Waals surface area contributed by atoms with Crippen molar-refractivity contribution in [3.05, 3.63) is 53.7 Å². The average molecular weight is 300 g/mol. The Hall–Kier alpha value is -2.56. The SMILES string of the molecule is COc1ncccc1C(=O)N(C)CCOc1ccccc1C. The summed E-state index contributed by atoms with van der Waals surface area (Å²) in [6.45, 7) is 2.89. The summed E-state index contributed by atoms with van der Waals surface area (Å²) in [5, 5.41) is 0. The molecule has 0 saturated carbocycles. The monoisotopic (exact) mass is 300 g/mol. The van der Waals surface area contributed by atoms with Crippen molar-refractivity contribution < 1.29 is 14.3 Å². The van der Waals surface area contributed by atoms with Gasteiger partial charge in [-0.2, -0.15) is 0 Å². The van der Waals surface area contributed by atoms with Crippen molar-refractivity contribution in [1.29, 1.82) is 0 Å². The number of rotatable bonds is 6. The van der Waals surface area contributed by atoms with Crippen LogP contribution in [0.2, 0.25) is 0 Å². The molecule has 0 N–H and O–H groups in total. The molecule has 1 heterocycles. The molecule has 1 aromatic heterocycles. The molecule has 0 spiro atoms. The highest BCUT2D eigenvalue weighted by Gasteiger charge is 2.17. The largest absolute Gasteiger partial charge is 0.491 e. The summed E-state index contributed by atoms with van der Waals surface area (Å²) in [4.78, 5) is 18.0. The molecular formula is C17H20N2O3. The third-order valence-electron chi connectivity index (χ3n) is 3.32. The number of hydrogen-bond acceptors (Lipinski definition) is 4. The topological polar surface area (TPSA) is 51.7 Å². The lowest BCUT2D eigenvalue weighted by atomic mass is 10.2. The van der Waals surface area contributed by atoms with Crippen molar-refractivity contribution in [2.24, 2.45) is 0 Å². The van der Waals surface area contributed by atoms with E-state index in [2.05, 4.69) is 4.98 Å². The van der Waals surface area contributed by atoms with E-state index in [1.165, 1.54) is 7.11 Å². The minimum atomic E-state index is -0.140. The zero-order chi connectivity index (χ0) is 15.9. The number of aromatic nitrogens is 1. The smallest absolute Gasteiger partial charge is 0.259 e. The number of carbonyl (C=O) groups excluding carboxylic acids is 1. The molecule has 1 amide bonds. The maximum absolute atomic E-state index is 12.4. The highest BCUT2D eigenvalue weighted by Crippen LogP contribution is 2.17. The molecule has 0 radical (unpaired) electrons. The van der Waals surface area contributed by atoms with E-state index in [1.807, 2.05) is 31.2 Å². The van der Waals surface area contributed by atoms with Crippen LogP contribution < -0.4 is 9.47 Å². The van der Waals surface area contributed by atoms with Crippen LogP contribution in [0.3, 0.4) is 0 Å². The van der Waals surface area contributed by atoms with Crippen LogP contribution in [-0.4, -0.2) is 43.1 Å². The molecular weight excluding hydrogens is 280 g/mol. The second-order valence-electron chi connectivity index (χ2n) is 4.90. The van der Waals surface area contributed by atoms with Gasteiger partial charge in [-0.05, 0) is 30.7 Å². The fourth-order valence-corrected chi connectivity index (χ4v) is 2.03. The fraction of sp³-hybridized carbons (Fsp3) is 0.294. The molecule has 5 heteroatoms.